The van der Waals surface area contributed by atoms with Gasteiger partial charge in [-0.25, -0.2) is 45.3 Å². The van der Waals surface area contributed by atoms with Gasteiger partial charge in [0.15, 0.2) is 0 Å². The molecule has 15 rings (SSSR count). The first-order valence-electron chi connectivity index (χ1n) is 36.2. The van der Waals surface area contributed by atoms with Gasteiger partial charge in [-0.3, -0.25) is 26.9 Å². The molecule has 9 aromatic rings. The van der Waals surface area contributed by atoms with Gasteiger partial charge in [0.2, 0.25) is 17.3 Å². The van der Waals surface area contributed by atoms with E-state index in [1.807, 2.05) is 81.4 Å². The summed E-state index contributed by atoms with van der Waals surface area (Å²) in [7, 11) is -12.3. The number of halogens is 2. The number of benzene rings is 3. The molecule has 0 amide bonds. The van der Waals surface area contributed by atoms with E-state index in [1.54, 1.807) is 0 Å². The summed E-state index contributed by atoms with van der Waals surface area (Å²) in [4.78, 5) is 70.5. The van der Waals surface area contributed by atoms with Crippen molar-refractivity contribution in [2.24, 2.45) is 33.2 Å². The molecule has 3 unspecified atom stereocenters. The molecule has 0 saturated heterocycles. The number of aryl methyl sites for hydroxylation is 3. The molecule has 12 atom stereocenters. The van der Waals surface area contributed by atoms with Gasteiger partial charge >= 0.3 is 30.9 Å². The number of nitrogens with zero attached hydrogens (tertiary/aromatic N) is 6. The first-order valence-corrected chi connectivity index (χ1v) is 43.8. The Kier molecular flexibility index (Phi) is 26.4. The van der Waals surface area contributed by atoms with Crippen LogP contribution < -0.4 is 36.7 Å². The van der Waals surface area contributed by atoms with Crippen molar-refractivity contribution < 1.29 is 77.0 Å². The Labute approximate surface area is 674 Å². The van der Waals surface area contributed by atoms with Crippen molar-refractivity contribution in [2.45, 2.75) is 133 Å². The number of hydrogen-bond acceptors (Lipinski definition) is 30. The molecule has 3 aromatic carbocycles. The van der Waals surface area contributed by atoms with E-state index in [0.29, 0.717) is 111 Å². The number of carbonyl (C=O) groups excluding carboxylic acids is 3. The van der Waals surface area contributed by atoms with Gasteiger partial charge in [-0.1, -0.05) is 59.6 Å². The quantitative estimate of drug-likeness (QED) is 0.0254. The summed E-state index contributed by atoms with van der Waals surface area (Å²) in [5.41, 5.74) is 10.8. The van der Waals surface area contributed by atoms with Crippen molar-refractivity contribution in [3.05, 3.63) is 223 Å². The Bertz CT molecular complexity index is 5150. The highest BCUT2D eigenvalue weighted by atomic mass is 35.5. The highest BCUT2D eigenvalue weighted by Crippen LogP contribution is 2.43. The Morgan fingerprint density at radius 1 is 0.487 bits per heavy atom. The van der Waals surface area contributed by atoms with Crippen LogP contribution in [-0.2, 0) is 72.2 Å². The SMILES string of the molecule is Cc1sc(C(=O)c2cncnc2N[C@@H]2C[C@H](COS(N)(=O)=O)[C@@H](O)C2)cc1C1NCCc2ccc(Cl)cc21.Cc1sc(C(=O)c2cncnc2N[C@@H]2C[C@H](COS(N)(=O)=O)[C@@H](O)C2)cc1C1OCCc2ccc(Cl)cc21.Cc1sc(C(=O)c2cncnc2N[C@@H]2C[C@H](COS(N)(=O)=O)[C@@H](O)C2)cc1C1OCCc2ccccc21. The summed E-state index contributed by atoms with van der Waals surface area (Å²) >= 11 is 16.8. The van der Waals surface area contributed by atoms with Gasteiger partial charge in [0.1, 0.15) is 48.6 Å². The third kappa shape index (κ3) is 20.6. The van der Waals surface area contributed by atoms with Crippen LogP contribution in [0.1, 0.15) is 167 Å². The number of aliphatic hydroxyl groups excluding tert-OH is 3. The summed E-state index contributed by atoms with van der Waals surface area (Å²) in [6, 6.07) is 24.9. The number of anilines is 3. The van der Waals surface area contributed by atoms with Crippen LogP contribution in [0.15, 0.2) is 116 Å². The number of nitrogens with two attached hydrogens (primary N) is 3. The molecule has 13 N–H and O–H groups in total. The molecule has 600 valence electrons. The standard InChI is InChI=1S/C25H28ClN5O5S2.C25H27ClN4O6S2.C25H28N4O6S2/c1-13-18(23-19-7-16(26)3-2-14(19)4-5-29-23)9-22(37-13)24(33)20-10-28-12-30-25(20)31-17-6-15(21(32)8-17)11-36-38(27,34)35;1-13-18(24-19-7-16(26)3-2-14(19)4-5-35-24)9-22(37-13)23(32)20-10-28-12-29-25(20)30-17-6-15(21(31)8-17)11-36-38(27,33)34;1-14-19(24-18-5-3-2-4-15(18)6-7-34-24)10-22(36-14)23(31)20-11-27-13-28-25(20)29-17-8-16(21(30)9-17)12-35-37(26,32)33/h2-3,7,9-10,12,15,17,21,23,29,32H,4-6,8,11H2,1H3,(H2,27,34,35)(H,28,30,31);2-3,7,9-10,12,15,17,21,24,31H,4-6,8,11H2,1H3,(H2,27,33,34)(H,28,29,30);2-5,10-11,13,16-17,21,24,30H,6-9,12H2,1H3,(H2,26,32,33)(H,27,28,29)/t15-,17-,21+,23?;15-,17-,21+,24?;16-,17-,21+,24?/m111/s1. The van der Waals surface area contributed by atoms with Crippen molar-refractivity contribution in [1.29, 1.82) is 0 Å². The van der Waals surface area contributed by atoms with E-state index in [0.717, 1.165) is 73.8 Å². The predicted molar refractivity (Wildman–Crippen MR) is 425 cm³/mol. The second kappa shape index (κ2) is 35.8. The van der Waals surface area contributed by atoms with Crippen LogP contribution in [0.2, 0.25) is 10.0 Å². The average molecular weight is 1700 g/mol. The molecule has 3 aliphatic heterocycles. The second-order valence-electron chi connectivity index (χ2n) is 28.5. The molecule has 6 aliphatic rings. The number of hydrogen-bond donors (Lipinski definition) is 10. The first kappa shape index (κ1) is 83.3. The fraction of sp³-hybridized carbons (Fsp3) is 0.400. The molecule has 9 heterocycles. The molecule has 6 aromatic heterocycles. The molecule has 30 nitrogen and oxygen atoms in total. The molecular formula is C75H83Cl2N13O17S6. The van der Waals surface area contributed by atoms with E-state index >= 15 is 0 Å². The van der Waals surface area contributed by atoms with E-state index in [9.17, 15) is 55.0 Å². The minimum Gasteiger partial charge on any atom is -0.393 e. The third-order valence-corrected chi connectivity index (χ3v) is 25.9. The summed E-state index contributed by atoms with van der Waals surface area (Å²) in [6.07, 6.45) is 10.5. The van der Waals surface area contributed by atoms with E-state index in [-0.39, 0.29) is 73.5 Å². The van der Waals surface area contributed by atoms with Crippen LogP contribution in [0.5, 0.6) is 0 Å². The molecular weight excluding hydrogens is 1620 g/mol. The Balaban J connectivity index is 0.000000148. The van der Waals surface area contributed by atoms with Crippen molar-refractivity contribution in [1.82, 2.24) is 35.2 Å². The number of aromatic nitrogens is 6. The molecule has 0 spiro atoms. The topological polar surface area (TPSA) is 464 Å². The summed E-state index contributed by atoms with van der Waals surface area (Å²) in [5.74, 6) is -0.863. The lowest BCUT2D eigenvalue weighted by molar-refractivity contribution is 0.0696. The van der Waals surface area contributed by atoms with Crippen molar-refractivity contribution in [2.75, 3.05) is 55.5 Å². The maximum Gasteiger partial charge on any atom is 0.333 e. The average Bonchev–Trinajstić information content (AvgIpc) is 1.73. The first-order chi connectivity index (χ1) is 53.9. The highest BCUT2D eigenvalue weighted by Gasteiger charge is 2.40. The largest absolute Gasteiger partial charge is 0.393 e. The predicted octanol–water partition coefficient (Wildman–Crippen LogP) is 8.41. The van der Waals surface area contributed by atoms with E-state index in [1.165, 1.54) is 88.3 Å². The number of rotatable bonds is 24. The van der Waals surface area contributed by atoms with Crippen LogP contribution in [0.4, 0.5) is 17.5 Å². The maximum absolute atomic E-state index is 13.6. The molecule has 0 bridgehead atoms. The number of nitrogens with one attached hydrogen (secondary N) is 4. The smallest absolute Gasteiger partial charge is 0.333 e. The molecule has 3 saturated carbocycles. The Morgan fingerprint density at radius 2 is 0.850 bits per heavy atom. The monoisotopic (exact) mass is 1700 g/mol. The van der Waals surface area contributed by atoms with Crippen molar-refractivity contribution in [3.8, 4) is 0 Å². The zero-order chi connectivity index (χ0) is 80.2. The normalized spacial score (nSPS) is 23.4. The minimum absolute atomic E-state index is 0.0590. The number of fused-ring (bicyclic) bond motifs is 3. The Hall–Kier alpha value is -7.64. The highest BCUT2D eigenvalue weighted by molar-refractivity contribution is 7.84. The van der Waals surface area contributed by atoms with Crippen molar-refractivity contribution >= 4 is 123 Å². The fourth-order valence-corrected chi connectivity index (χ4v) is 19.8. The number of ketones is 3. The number of carbonyl (C=O) groups is 3. The minimum atomic E-state index is -4.10. The van der Waals surface area contributed by atoms with Crippen molar-refractivity contribution in [3.63, 3.8) is 0 Å². The van der Waals surface area contributed by atoms with Crippen LogP contribution in [-0.4, -0.2) is 164 Å². The summed E-state index contributed by atoms with van der Waals surface area (Å²) < 4.78 is 92.9. The number of thiophene rings is 3. The van der Waals surface area contributed by atoms with Crippen LogP contribution in [0.25, 0.3) is 0 Å². The molecule has 38 heteroatoms. The maximum atomic E-state index is 13.6. The van der Waals surface area contributed by atoms with Gasteiger partial charge < -0.3 is 46.1 Å². The van der Waals surface area contributed by atoms with Crippen LogP contribution >= 0.6 is 57.2 Å². The molecule has 3 fully saturated rings. The summed E-state index contributed by atoms with van der Waals surface area (Å²) in [6.45, 7) is 7.34. The number of ether oxygens (including phenoxy) is 2. The summed E-state index contributed by atoms with van der Waals surface area (Å²) in [5, 5.41) is 60.3. The van der Waals surface area contributed by atoms with Gasteiger partial charge in [-0.05, 0) is 171 Å². The van der Waals surface area contributed by atoms with Gasteiger partial charge in [0, 0.05) is 85.7 Å². The van der Waals surface area contributed by atoms with Crippen LogP contribution in [0, 0.1) is 38.5 Å². The van der Waals surface area contributed by atoms with E-state index < -0.39 is 67.0 Å². The zero-order valence-electron chi connectivity index (χ0n) is 61.2. The lowest BCUT2D eigenvalue weighted by Crippen LogP contribution is -2.30. The van der Waals surface area contributed by atoms with E-state index in [4.69, 9.17) is 48.1 Å². The van der Waals surface area contributed by atoms with Gasteiger partial charge in [-0.2, -0.15) is 25.3 Å². The molecule has 0 radical (unpaired) electrons. The van der Waals surface area contributed by atoms with Crippen LogP contribution in [0.3, 0.4) is 0 Å². The number of aliphatic hydroxyl groups is 3. The van der Waals surface area contributed by atoms with Gasteiger partial charge in [0.05, 0.1) is 88.7 Å². The van der Waals surface area contributed by atoms with E-state index in [2.05, 4.69) is 81.9 Å². The lowest BCUT2D eigenvalue weighted by Gasteiger charge is -2.27. The van der Waals surface area contributed by atoms with Gasteiger partial charge in [-0.15, -0.1) is 34.0 Å². The fourth-order valence-electron chi connectivity index (χ4n) is 15.3. The Morgan fingerprint density at radius 3 is 1.27 bits per heavy atom. The zero-order valence-corrected chi connectivity index (χ0v) is 67.6. The third-order valence-electron chi connectivity index (χ3n) is 20.8. The molecule has 3 aliphatic carbocycles. The second-order valence-corrected chi connectivity index (χ2v) is 36.8. The molecule has 113 heavy (non-hydrogen) atoms. The lowest BCUT2D eigenvalue weighted by atomic mass is 9.90. The van der Waals surface area contributed by atoms with Gasteiger partial charge in [0.25, 0.3) is 0 Å².